The van der Waals surface area contributed by atoms with Gasteiger partial charge in [0.15, 0.2) is 0 Å². The summed E-state index contributed by atoms with van der Waals surface area (Å²) in [5, 5.41) is 3.81. The number of carbonyl (C=O) groups excluding carboxylic acids is 2. The molecule has 2 aromatic carbocycles. The number of fused-ring (bicyclic) bond motifs is 1. The molecular formula is C25H28FN3O2. The summed E-state index contributed by atoms with van der Waals surface area (Å²) in [6, 6.07) is 16.1. The number of carbonyl (C=O) groups is 2. The quantitative estimate of drug-likeness (QED) is 0.643. The molecule has 0 spiro atoms. The molecule has 162 valence electrons. The molecule has 0 bridgehead atoms. The maximum Gasteiger partial charge on any atom is 0.267 e. The van der Waals surface area contributed by atoms with Crippen LogP contribution in [0.5, 0.6) is 0 Å². The van der Waals surface area contributed by atoms with Gasteiger partial charge in [-0.05, 0) is 31.0 Å². The molecule has 4 rings (SSSR count). The fourth-order valence-corrected chi connectivity index (χ4v) is 4.22. The van der Waals surface area contributed by atoms with Gasteiger partial charge in [0.25, 0.3) is 5.91 Å². The Bertz CT molecular complexity index is 1070. The molecule has 3 aromatic rings. The summed E-state index contributed by atoms with van der Waals surface area (Å²) < 4.78 is 16.1. The van der Waals surface area contributed by atoms with E-state index < -0.39 is 0 Å². The molecular weight excluding hydrogens is 393 g/mol. The maximum absolute atomic E-state index is 14.3. The predicted molar refractivity (Wildman–Crippen MR) is 119 cm³/mol. The zero-order valence-electron chi connectivity index (χ0n) is 17.6. The summed E-state index contributed by atoms with van der Waals surface area (Å²) in [5.41, 5.74) is 1.86. The van der Waals surface area contributed by atoms with Crippen LogP contribution in [-0.4, -0.2) is 40.9 Å². The van der Waals surface area contributed by atoms with E-state index in [0.717, 1.165) is 36.8 Å². The summed E-state index contributed by atoms with van der Waals surface area (Å²) >= 11 is 0. The molecule has 0 atom stereocenters. The Morgan fingerprint density at radius 3 is 2.42 bits per heavy atom. The van der Waals surface area contributed by atoms with E-state index in [-0.39, 0.29) is 30.7 Å². The number of rotatable bonds is 6. The SMILES string of the molecule is O=C(NCCC(=O)N1CCCCCC1)c1cc2ccccc2n1Cc1ccccc1F. The third-order valence-electron chi connectivity index (χ3n) is 5.91. The van der Waals surface area contributed by atoms with Gasteiger partial charge < -0.3 is 14.8 Å². The number of benzene rings is 2. The number of nitrogens with one attached hydrogen (secondary N) is 1. The average Bonchev–Trinajstić information content (AvgIpc) is 2.94. The van der Waals surface area contributed by atoms with Gasteiger partial charge in [-0.3, -0.25) is 9.59 Å². The van der Waals surface area contributed by atoms with Crippen molar-refractivity contribution in [2.24, 2.45) is 0 Å². The Balaban J connectivity index is 1.47. The van der Waals surface area contributed by atoms with E-state index in [9.17, 15) is 14.0 Å². The fourth-order valence-electron chi connectivity index (χ4n) is 4.22. The van der Waals surface area contributed by atoms with E-state index in [4.69, 9.17) is 0 Å². The van der Waals surface area contributed by atoms with Crippen molar-refractivity contribution >= 4 is 22.7 Å². The topological polar surface area (TPSA) is 54.3 Å². The molecule has 2 amide bonds. The van der Waals surface area contributed by atoms with Crippen molar-refractivity contribution in [3.05, 3.63) is 71.7 Å². The highest BCUT2D eigenvalue weighted by Crippen LogP contribution is 2.22. The summed E-state index contributed by atoms with van der Waals surface area (Å²) in [5.74, 6) is -0.458. The van der Waals surface area contributed by atoms with E-state index in [1.54, 1.807) is 18.2 Å². The first-order chi connectivity index (χ1) is 15.1. The second kappa shape index (κ2) is 9.77. The lowest BCUT2D eigenvalue weighted by Crippen LogP contribution is -2.35. The molecule has 6 heteroatoms. The Kier molecular flexibility index (Phi) is 6.65. The molecule has 1 N–H and O–H groups in total. The predicted octanol–water partition coefficient (Wildman–Crippen LogP) is 4.35. The minimum atomic E-state index is -0.297. The number of hydrogen-bond donors (Lipinski definition) is 1. The first-order valence-corrected chi connectivity index (χ1v) is 11.0. The Morgan fingerprint density at radius 2 is 1.65 bits per heavy atom. The van der Waals surface area contributed by atoms with Gasteiger partial charge in [0, 0.05) is 42.5 Å². The number of likely N-dealkylation sites (tertiary alicyclic amines) is 1. The molecule has 0 saturated carbocycles. The largest absolute Gasteiger partial charge is 0.350 e. The van der Waals surface area contributed by atoms with Crippen molar-refractivity contribution in [3.8, 4) is 0 Å². The Labute approximate surface area is 181 Å². The van der Waals surface area contributed by atoms with Gasteiger partial charge in [-0.15, -0.1) is 0 Å². The zero-order chi connectivity index (χ0) is 21.6. The summed E-state index contributed by atoms with van der Waals surface area (Å²) in [4.78, 5) is 27.4. The average molecular weight is 422 g/mol. The Hall–Kier alpha value is -3.15. The van der Waals surface area contributed by atoms with Crippen LogP contribution in [0.2, 0.25) is 0 Å². The van der Waals surface area contributed by atoms with Crippen LogP contribution in [0, 0.1) is 5.82 Å². The highest BCUT2D eigenvalue weighted by molar-refractivity contribution is 5.99. The van der Waals surface area contributed by atoms with E-state index in [1.165, 1.54) is 18.9 Å². The third kappa shape index (κ3) is 4.95. The summed E-state index contributed by atoms with van der Waals surface area (Å²) in [6.45, 7) is 2.17. The van der Waals surface area contributed by atoms with Gasteiger partial charge in [-0.2, -0.15) is 0 Å². The third-order valence-corrected chi connectivity index (χ3v) is 5.91. The molecule has 1 saturated heterocycles. The van der Waals surface area contributed by atoms with Crippen LogP contribution in [0.25, 0.3) is 10.9 Å². The molecule has 2 heterocycles. The van der Waals surface area contributed by atoms with Crippen molar-refractivity contribution in [1.82, 2.24) is 14.8 Å². The van der Waals surface area contributed by atoms with Crippen LogP contribution in [0.4, 0.5) is 4.39 Å². The first kappa shape index (κ1) is 21.1. The van der Waals surface area contributed by atoms with Gasteiger partial charge in [-0.25, -0.2) is 4.39 Å². The number of amides is 2. The minimum Gasteiger partial charge on any atom is -0.350 e. The number of halogens is 1. The minimum absolute atomic E-state index is 0.0918. The lowest BCUT2D eigenvalue weighted by Gasteiger charge is -2.20. The summed E-state index contributed by atoms with van der Waals surface area (Å²) in [7, 11) is 0. The van der Waals surface area contributed by atoms with Crippen LogP contribution in [0.1, 0.15) is 48.2 Å². The van der Waals surface area contributed by atoms with Crippen LogP contribution >= 0.6 is 0 Å². The zero-order valence-corrected chi connectivity index (χ0v) is 17.6. The van der Waals surface area contributed by atoms with Crippen LogP contribution in [0.3, 0.4) is 0 Å². The van der Waals surface area contributed by atoms with Crippen LogP contribution in [-0.2, 0) is 11.3 Å². The molecule has 0 aliphatic carbocycles. The monoisotopic (exact) mass is 421 g/mol. The van der Waals surface area contributed by atoms with E-state index in [1.807, 2.05) is 39.8 Å². The van der Waals surface area contributed by atoms with Crippen molar-refractivity contribution in [1.29, 1.82) is 0 Å². The standard InChI is InChI=1S/C25H28FN3O2/c26-21-11-5-3-10-20(21)18-29-22-12-6-4-9-19(22)17-23(29)25(31)27-14-13-24(30)28-15-7-1-2-8-16-28/h3-6,9-12,17H,1-2,7-8,13-16,18H2,(H,27,31). The van der Waals surface area contributed by atoms with Crippen LogP contribution in [0.15, 0.2) is 54.6 Å². The van der Waals surface area contributed by atoms with Crippen molar-refractivity contribution in [3.63, 3.8) is 0 Å². The smallest absolute Gasteiger partial charge is 0.267 e. The van der Waals surface area contributed by atoms with Gasteiger partial charge in [-0.1, -0.05) is 49.2 Å². The molecule has 5 nitrogen and oxygen atoms in total. The Morgan fingerprint density at radius 1 is 0.935 bits per heavy atom. The molecule has 1 fully saturated rings. The normalized spacial score (nSPS) is 14.4. The molecule has 31 heavy (non-hydrogen) atoms. The fraction of sp³-hybridized carbons (Fsp3) is 0.360. The van der Waals surface area contributed by atoms with E-state index >= 15 is 0 Å². The highest BCUT2D eigenvalue weighted by atomic mass is 19.1. The molecule has 0 radical (unpaired) electrons. The van der Waals surface area contributed by atoms with Gasteiger partial charge >= 0.3 is 0 Å². The molecule has 1 aliphatic rings. The van der Waals surface area contributed by atoms with Gasteiger partial charge in [0.05, 0.1) is 6.54 Å². The lowest BCUT2D eigenvalue weighted by molar-refractivity contribution is -0.131. The lowest BCUT2D eigenvalue weighted by atomic mass is 10.2. The number of nitrogens with zero attached hydrogens (tertiary/aromatic N) is 2. The second-order valence-corrected chi connectivity index (χ2v) is 8.07. The number of para-hydroxylation sites is 1. The summed E-state index contributed by atoms with van der Waals surface area (Å²) in [6.07, 6.45) is 4.74. The van der Waals surface area contributed by atoms with E-state index in [0.29, 0.717) is 17.7 Å². The molecule has 1 aromatic heterocycles. The van der Waals surface area contributed by atoms with Gasteiger partial charge in [0.2, 0.25) is 5.91 Å². The first-order valence-electron chi connectivity index (χ1n) is 11.0. The highest BCUT2D eigenvalue weighted by Gasteiger charge is 2.18. The van der Waals surface area contributed by atoms with E-state index in [2.05, 4.69) is 5.32 Å². The maximum atomic E-state index is 14.3. The molecule has 0 unspecified atom stereocenters. The van der Waals surface area contributed by atoms with Crippen LogP contribution < -0.4 is 5.32 Å². The number of aromatic nitrogens is 1. The number of hydrogen-bond acceptors (Lipinski definition) is 2. The van der Waals surface area contributed by atoms with Crippen molar-refractivity contribution in [2.45, 2.75) is 38.6 Å². The molecule has 1 aliphatic heterocycles. The van der Waals surface area contributed by atoms with Crippen molar-refractivity contribution < 1.29 is 14.0 Å². The van der Waals surface area contributed by atoms with Gasteiger partial charge in [0.1, 0.15) is 11.5 Å². The van der Waals surface area contributed by atoms with Crippen molar-refractivity contribution in [2.75, 3.05) is 19.6 Å². The second-order valence-electron chi connectivity index (χ2n) is 8.07.